The van der Waals surface area contributed by atoms with Gasteiger partial charge in [-0.2, -0.15) is 0 Å². The Morgan fingerprint density at radius 3 is 2.57 bits per heavy atom. The Morgan fingerprint density at radius 1 is 1.06 bits per heavy atom. The third-order valence-electron chi connectivity index (χ3n) is 9.86. The van der Waals surface area contributed by atoms with Crippen molar-refractivity contribution in [2.24, 2.45) is 0 Å². The minimum absolute atomic E-state index is 0.0536. The molecule has 14 nitrogen and oxygen atoms in total. The minimum Gasteiger partial charge on any atom is -0.480 e. The van der Waals surface area contributed by atoms with Crippen molar-refractivity contribution in [3.63, 3.8) is 0 Å². The molecule has 4 heterocycles. The molecule has 1 saturated heterocycles. The van der Waals surface area contributed by atoms with E-state index in [9.17, 15) is 14.4 Å². The van der Waals surface area contributed by atoms with E-state index in [-0.39, 0.29) is 17.1 Å². The van der Waals surface area contributed by atoms with E-state index in [0.717, 1.165) is 51.5 Å². The fourth-order valence-corrected chi connectivity index (χ4v) is 6.35. The Hall–Kier alpha value is -5.21. The number of aldehydes is 1. The van der Waals surface area contributed by atoms with E-state index in [1.165, 1.54) is 0 Å². The molecule has 0 saturated carbocycles. The van der Waals surface area contributed by atoms with Crippen LogP contribution in [0.4, 0.5) is 10.6 Å². The molecule has 0 unspecified atom stereocenters. The van der Waals surface area contributed by atoms with Crippen LogP contribution in [0.5, 0.6) is 5.75 Å². The standard InChI is InChI=1S/C39H49N9O5/c1-7-38(5,6)35-46-45-32-14-13-26(24-48(32)35)53-29-15-16-39(25-49,28-12-9-8-11-27(28)29)44-36(51)43-31-23-30(37(2,3)4)41-33(42-31)34(50)40-17-10-18-47-19-21-52-22-20-47/h8-9,11-16,23-25,29H,7,10,17-22H2,1-6H3,(H,40,50)(H2,41,42,43,44,51)/t29-,39-/m1/s1. The van der Waals surface area contributed by atoms with Crippen LogP contribution in [0.2, 0.25) is 0 Å². The normalized spacial score (nSPS) is 19.0. The molecule has 3 N–H and O–H groups in total. The van der Waals surface area contributed by atoms with Gasteiger partial charge in [0.15, 0.2) is 11.9 Å². The highest BCUT2D eigenvalue weighted by Gasteiger charge is 2.38. The van der Waals surface area contributed by atoms with E-state index in [1.807, 2.05) is 55.6 Å². The molecule has 14 heteroatoms. The summed E-state index contributed by atoms with van der Waals surface area (Å²) in [6, 6.07) is 12.0. The van der Waals surface area contributed by atoms with E-state index in [4.69, 9.17) is 9.47 Å². The van der Waals surface area contributed by atoms with Gasteiger partial charge in [-0.05, 0) is 49.2 Å². The molecule has 3 amide bonds. The van der Waals surface area contributed by atoms with E-state index in [2.05, 4.69) is 61.8 Å². The number of amides is 3. The number of carbonyl (C=O) groups excluding carboxylic acids is 3. The van der Waals surface area contributed by atoms with Crippen molar-refractivity contribution in [1.82, 2.24) is 40.1 Å². The lowest BCUT2D eigenvalue weighted by atomic mass is 9.81. The van der Waals surface area contributed by atoms with Gasteiger partial charge < -0.3 is 20.1 Å². The summed E-state index contributed by atoms with van der Waals surface area (Å²) in [7, 11) is 0. The molecular formula is C39H49N9O5. The number of ether oxygens (including phenoxy) is 2. The fourth-order valence-electron chi connectivity index (χ4n) is 6.35. The zero-order valence-corrected chi connectivity index (χ0v) is 31.3. The molecule has 3 aromatic heterocycles. The van der Waals surface area contributed by atoms with Gasteiger partial charge in [0.1, 0.15) is 29.0 Å². The van der Waals surface area contributed by atoms with Gasteiger partial charge in [-0.15, -0.1) is 10.2 Å². The molecule has 4 aromatic rings. The monoisotopic (exact) mass is 723 g/mol. The number of morpholine rings is 1. The molecule has 53 heavy (non-hydrogen) atoms. The van der Waals surface area contributed by atoms with Gasteiger partial charge in [-0.3, -0.25) is 24.2 Å². The molecule has 0 spiro atoms. The first-order valence-electron chi connectivity index (χ1n) is 18.2. The average Bonchev–Trinajstić information content (AvgIpc) is 3.58. The van der Waals surface area contributed by atoms with E-state index >= 15 is 0 Å². The summed E-state index contributed by atoms with van der Waals surface area (Å²) in [5.41, 5.74) is 0.424. The van der Waals surface area contributed by atoms with Crippen LogP contribution in [-0.2, 0) is 25.9 Å². The van der Waals surface area contributed by atoms with Crippen LogP contribution in [0.15, 0.2) is 60.8 Å². The topological polar surface area (TPSA) is 165 Å². The number of pyridine rings is 1. The number of aromatic nitrogens is 5. The predicted molar refractivity (Wildman–Crippen MR) is 200 cm³/mol. The maximum atomic E-state index is 13.6. The van der Waals surface area contributed by atoms with Crippen molar-refractivity contribution in [2.45, 2.75) is 76.9 Å². The molecule has 1 aliphatic carbocycles. The molecule has 1 aliphatic heterocycles. The van der Waals surface area contributed by atoms with Crippen molar-refractivity contribution < 1.29 is 23.9 Å². The minimum atomic E-state index is -1.50. The summed E-state index contributed by atoms with van der Waals surface area (Å²) in [6.45, 7) is 16.7. The van der Waals surface area contributed by atoms with Crippen molar-refractivity contribution >= 4 is 29.7 Å². The van der Waals surface area contributed by atoms with Crippen LogP contribution in [0.25, 0.3) is 5.65 Å². The maximum absolute atomic E-state index is 13.6. The summed E-state index contributed by atoms with van der Waals surface area (Å²) in [5, 5.41) is 17.3. The van der Waals surface area contributed by atoms with E-state index in [1.54, 1.807) is 30.4 Å². The Labute approximate surface area is 309 Å². The van der Waals surface area contributed by atoms with Gasteiger partial charge in [0.25, 0.3) is 5.91 Å². The molecular weight excluding hydrogens is 674 g/mol. The van der Waals surface area contributed by atoms with Gasteiger partial charge in [0, 0.05) is 42.1 Å². The van der Waals surface area contributed by atoms with Crippen molar-refractivity contribution in [1.29, 1.82) is 0 Å². The first kappa shape index (κ1) is 37.5. The first-order valence-corrected chi connectivity index (χ1v) is 18.2. The van der Waals surface area contributed by atoms with Gasteiger partial charge in [-0.1, -0.05) is 65.8 Å². The number of urea groups is 1. The lowest BCUT2D eigenvalue weighted by Gasteiger charge is -2.34. The molecule has 2 aliphatic rings. The zero-order chi connectivity index (χ0) is 37.8. The smallest absolute Gasteiger partial charge is 0.321 e. The fraction of sp³-hybridized carbons (Fsp3) is 0.462. The number of rotatable bonds is 12. The molecule has 280 valence electrons. The third-order valence-corrected chi connectivity index (χ3v) is 9.86. The summed E-state index contributed by atoms with van der Waals surface area (Å²) in [4.78, 5) is 50.9. The highest BCUT2D eigenvalue weighted by atomic mass is 16.5. The van der Waals surface area contributed by atoms with Gasteiger partial charge in [0.2, 0.25) is 5.82 Å². The second kappa shape index (κ2) is 15.4. The van der Waals surface area contributed by atoms with Crippen LogP contribution in [0.3, 0.4) is 0 Å². The largest absolute Gasteiger partial charge is 0.480 e. The van der Waals surface area contributed by atoms with Crippen LogP contribution in [-0.4, -0.2) is 87.1 Å². The second-order valence-electron chi connectivity index (χ2n) is 15.2. The Morgan fingerprint density at radius 2 is 1.83 bits per heavy atom. The summed E-state index contributed by atoms with van der Waals surface area (Å²) >= 11 is 0. The number of anilines is 1. The second-order valence-corrected chi connectivity index (χ2v) is 15.2. The van der Waals surface area contributed by atoms with Crippen LogP contribution < -0.4 is 20.7 Å². The van der Waals surface area contributed by atoms with Gasteiger partial charge in [-0.25, -0.2) is 14.8 Å². The quantitative estimate of drug-likeness (QED) is 0.104. The van der Waals surface area contributed by atoms with E-state index in [0.29, 0.717) is 41.0 Å². The molecule has 1 fully saturated rings. The van der Waals surface area contributed by atoms with E-state index < -0.39 is 29.0 Å². The highest BCUT2D eigenvalue weighted by molar-refractivity contribution is 5.94. The summed E-state index contributed by atoms with van der Waals surface area (Å²) < 4.78 is 13.8. The molecule has 2 atom stereocenters. The average molecular weight is 724 g/mol. The number of hydrogen-bond acceptors (Lipinski definition) is 10. The lowest BCUT2D eigenvalue weighted by molar-refractivity contribution is -0.111. The number of benzene rings is 1. The third kappa shape index (κ3) is 8.39. The number of carbonyl (C=O) groups is 3. The van der Waals surface area contributed by atoms with Crippen molar-refractivity contribution in [3.8, 4) is 5.75 Å². The van der Waals surface area contributed by atoms with Crippen LogP contribution >= 0.6 is 0 Å². The zero-order valence-electron chi connectivity index (χ0n) is 31.3. The highest BCUT2D eigenvalue weighted by Crippen LogP contribution is 2.37. The molecule has 1 aromatic carbocycles. The summed E-state index contributed by atoms with van der Waals surface area (Å²) in [6.07, 6.45) is 7.05. The first-order chi connectivity index (χ1) is 25.3. The predicted octanol–water partition coefficient (Wildman–Crippen LogP) is 4.86. The Bertz CT molecular complexity index is 2000. The number of fused-ring (bicyclic) bond motifs is 2. The molecule has 0 radical (unpaired) electrons. The van der Waals surface area contributed by atoms with Crippen LogP contribution in [0.1, 0.15) is 93.8 Å². The molecule has 6 rings (SSSR count). The van der Waals surface area contributed by atoms with Gasteiger partial charge >= 0.3 is 6.03 Å². The Balaban J connectivity index is 1.18. The number of nitrogens with one attached hydrogen (secondary N) is 3. The number of hydrogen-bond donors (Lipinski definition) is 3. The van der Waals surface area contributed by atoms with Crippen molar-refractivity contribution in [3.05, 3.63) is 89.3 Å². The van der Waals surface area contributed by atoms with Gasteiger partial charge in [0.05, 0.1) is 25.1 Å². The van der Waals surface area contributed by atoms with Crippen molar-refractivity contribution in [2.75, 3.05) is 44.7 Å². The Kier molecular flexibility index (Phi) is 10.9. The lowest BCUT2D eigenvalue weighted by Crippen LogP contribution is -2.49. The molecule has 0 bridgehead atoms. The van der Waals surface area contributed by atoms with Crippen LogP contribution in [0, 0.1) is 0 Å². The maximum Gasteiger partial charge on any atom is 0.321 e. The summed E-state index contributed by atoms with van der Waals surface area (Å²) in [5.74, 6) is 1.07. The number of nitrogens with zero attached hydrogens (tertiary/aromatic N) is 6. The SMILES string of the molecule is CCC(C)(C)c1nnc2ccc(O[C@@H]3C=C[C@](C=O)(NC(=O)Nc4cc(C(C)(C)C)nc(C(=O)NCCCN5CCOCC5)n4)c4ccccc43)cn12.